The Morgan fingerprint density at radius 3 is 2.63 bits per heavy atom. The first-order valence-electron chi connectivity index (χ1n) is 6.46. The maximum atomic E-state index is 12.2. The van der Waals surface area contributed by atoms with Gasteiger partial charge in [0.2, 0.25) is 0 Å². The first kappa shape index (κ1) is 14.4. The molecule has 1 atom stereocenters. The van der Waals surface area contributed by atoms with Crippen molar-refractivity contribution in [3.63, 3.8) is 0 Å². The molecule has 1 aromatic heterocycles. The molecular formula is C11H21N5O2S. The van der Waals surface area contributed by atoms with Crippen LogP contribution in [-0.2, 0) is 10.0 Å². The molecular weight excluding hydrogens is 266 g/mol. The highest BCUT2D eigenvalue weighted by Crippen LogP contribution is 2.15. The van der Waals surface area contributed by atoms with E-state index in [-0.39, 0.29) is 5.03 Å². The van der Waals surface area contributed by atoms with Gasteiger partial charge in [-0.1, -0.05) is 6.92 Å². The molecule has 3 N–H and O–H groups in total. The maximum Gasteiger partial charge on any atom is 0.260 e. The lowest BCUT2D eigenvalue weighted by Crippen LogP contribution is -2.50. The molecule has 1 saturated heterocycles. The lowest BCUT2D eigenvalue weighted by molar-refractivity contribution is 0.169. The van der Waals surface area contributed by atoms with E-state index in [1.54, 1.807) is 0 Å². The van der Waals surface area contributed by atoms with Gasteiger partial charge in [-0.15, -0.1) is 0 Å². The lowest BCUT2D eigenvalue weighted by atomic mass is 10.1. The van der Waals surface area contributed by atoms with Gasteiger partial charge in [0.05, 0.1) is 6.20 Å². The molecule has 7 nitrogen and oxygen atoms in total. The molecule has 0 aliphatic carbocycles. The minimum absolute atomic E-state index is 0.163. The van der Waals surface area contributed by atoms with Crippen molar-refractivity contribution in [2.75, 3.05) is 39.3 Å². The van der Waals surface area contributed by atoms with Gasteiger partial charge >= 0.3 is 0 Å². The van der Waals surface area contributed by atoms with Crippen LogP contribution in [0.15, 0.2) is 17.3 Å². The molecule has 1 fully saturated rings. The van der Waals surface area contributed by atoms with Crippen LogP contribution in [0.2, 0.25) is 0 Å². The smallest absolute Gasteiger partial charge is 0.260 e. The molecule has 19 heavy (non-hydrogen) atoms. The minimum atomic E-state index is -3.41. The van der Waals surface area contributed by atoms with Gasteiger partial charge in [0.15, 0.2) is 5.03 Å². The van der Waals surface area contributed by atoms with Crippen LogP contribution in [0.3, 0.4) is 0 Å². The SMILES string of the molecule is CC(CN)CN1CCN(S(=O)(=O)c2ccn[nH]2)CC1. The largest absolute Gasteiger partial charge is 0.330 e. The molecule has 0 saturated carbocycles. The first-order chi connectivity index (χ1) is 9.04. The average molecular weight is 287 g/mol. The molecule has 2 heterocycles. The number of nitrogens with zero attached hydrogens (tertiary/aromatic N) is 3. The predicted octanol–water partition coefficient (Wildman–Crippen LogP) is -0.689. The molecule has 0 spiro atoms. The number of aromatic amines is 1. The van der Waals surface area contributed by atoms with Crippen LogP contribution in [0.25, 0.3) is 0 Å². The van der Waals surface area contributed by atoms with E-state index in [9.17, 15) is 8.42 Å². The van der Waals surface area contributed by atoms with E-state index in [0.717, 1.165) is 19.6 Å². The fraction of sp³-hybridized carbons (Fsp3) is 0.727. The van der Waals surface area contributed by atoms with E-state index in [4.69, 9.17) is 5.73 Å². The zero-order chi connectivity index (χ0) is 13.9. The number of rotatable bonds is 5. The van der Waals surface area contributed by atoms with E-state index in [2.05, 4.69) is 22.0 Å². The molecule has 0 amide bonds. The number of piperazine rings is 1. The summed E-state index contributed by atoms with van der Waals surface area (Å²) >= 11 is 0. The zero-order valence-corrected chi connectivity index (χ0v) is 11.9. The summed E-state index contributed by atoms with van der Waals surface area (Å²) in [6.45, 7) is 6.21. The van der Waals surface area contributed by atoms with Crippen molar-refractivity contribution in [1.82, 2.24) is 19.4 Å². The van der Waals surface area contributed by atoms with Crippen molar-refractivity contribution in [3.8, 4) is 0 Å². The monoisotopic (exact) mass is 287 g/mol. The van der Waals surface area contributed by atoms with Gasteiger partial charge in [0.25, 0.3) is 10.0 Å². The Hall–Kier alpha value is -0.960. The van der Waals surface area contributed by atoms with Gasteiger partial charge < -0.3 is 10.6 Å². The quantitative estimate of drug-likeness (QED) is 0.747. The Morgan fingerprint density at radius 2 is 2.11 bits per heavy atom. The normalized spacial score (nSPS) is 20.5. The molecule has 0 radical (unpaired) electrons. The van der Waals surface area contributed by atoms with Gasteiger partial charge in [0, 0.05) is 32.7 Å². The number of aromatic nitrogens is 2. The number of hydrogen-bond acceptors (Lipinski definition) is 5. The van der Waals surface area contributed by atoms with Crippen molar-refractivity contribution >= 4 is 10.0 Å². The van der Waals surface area contributed by atoms with Gasteiger partial charge in [0.1, 0.15) is 0 Å². The Kier molecular flexibility index (Phi) is 4.56. The number of H-pyrrole nitrogens is 1. The van der Waals surface area contributed by atoms with E-state index < -0.39 is 10.0 Å². The second-order valence-corrected chi connectivity index (χ2v) is 6.87. The second-order valence-electron chi connectivity index (χ2n) is 4.97. The summed E-state index contributed by atoms with van der Waals surface area (Å²) in [5.41, 5.74) is 5.61. The van der Waals surface area contributed by atoms with Crippen LogP contribution < -0.4 is 5.73 Å². The molecule has 1 aromatic rings. The third-order valence-electron chi connectivity index (χ3n) is 3.40. The van der Waals surface area contributed by atoms with E-state index in [0.29, 0.717) is 25.6 Å². The van der Waals surface area contributed by atoms with Crippen LogP contribution in [-0.4, -0.2) is 67.1 Å². The van der Waals surface area contributed by atoms with E-state index in [1.807, 2.05) is 0 Å². The highest BCUT2D eigenvalue weighted by atomic mass is 32.2. The van der Waals surface area contributed by atoms with Crippen LogP contribution >= 0.6 is 0 Å². The van der Waals surface area contributed by atoms with Gasteiger partial charge in [-0.2, -0.15) is 9.40 Å². The van der Waals surface area contributed by atoms with E-state index >= 15 is 0 Å². The van der Waals surface area contributed by atoms with Crippen molar-refractivity contribution in [1.29, 1.82) is 0 Å². The summed E-state index contributed by atoms with van der Waals surface area (Å²) in [4.78, 5) is 2.26. The van der Waals surface area contributed by atoms with Gasteiger partial charge in [-0.25, -0.2) is 8.42 Å². The molecule has 1 aliphatic heterocycles. The Labute approximate surface area is 113 Å². The topological polar surface area (TPSA) is 95.3 Å². The van der Waals surface area contributed by atoms with Crippen molar-refractivity contribution in [2.45, 2.75) is 11.9 Å². The molecule has 2 rings (SSSR count). The highest BCUT2D eigenvalue weighted by Gasteiger charge is 2.29. The fourth-order valence-corrected chi connectivity index (χ4v) is 3.52. The zero-order valence-electron chi connectivity index (χ0n) is 11.1. The number of nitrogens with two attached hydrogens (primary N) is 1. The molecule has 1 aliphatic rings. The average Bonchev–Trinajstić information content (AvgIpc) is 2.94. The summed E-state index contributed by atoms with van der Waals surface area (Å²) in [5, 5.41) is 6.37. The third kappa shape index (κ3) is 3.33. The Balaban J connectivity index is 1.93. The highest BCUT2D eigenvalue weighted by molar-refractivity contribution is 7.89. The number of hydrogen-bond donors (Lipinski definition) is 2. The first-order valence-corrected chi connectivity index (χ1v) is 7.90. The molecule has 0 aromatic carbocycles. The summed E-state index contributed by atoms with van der Waals surface area (Å²) < 4.78 is 26.0. The lowest BCUT2D eigenvalue weighted by Gasteiger charge is -2.34. The van der Waals surface area contributed by atoms with Crippen molar-refractivity contribution in [2.24, 2.45) is 11.7 Å². The molecule has 108 valence electrons. The molecule has 8 heteroatoms. The number of nitrogens with one attached hydrogen (secondary N) is 1. The van der Waals surface area contributed by atoms with Crippen LogP contribution in [0.4, 0.5) is 0 Å². The predicted molar refractivity (Wildman–Crippen MR) is 72.0 cm³/mol. The Morgan fingerprint density at radius 1 is 1.42 bits per heavy atom. The van der Waals surface area contributed by atoms with Crippen LogP contribution in [0.1, 0.15) is 6.92 Å². The second kappa shape index (κ2) is 6.00. The van der Waals surface area contributed by atoms with E-state index in [1.165, 1.54) is 16.6 Å². The maximum absolute atomic E-state index is 12.2. The van der Waals surface area contributed by atoms with Crippen molar-refractivity contribution in [3.05, 3.63) is 12.3 Å². The summed E-state index contributed by atoms with van der Waals surface area (Å²) in [7, 11) is -3.41. The minimum Gasteiger partial charge on any atom is -0.330 e. The third-order valence-corrected chi connectivity index (χ3v) is 5.22. The van der Waals surface area contributed by atoms with Gasteiger partial charge in [-0.05, 0) is 18.5 Å². The van der Waals surface area contributed by atoms with Crippen molar-refractivity contribution < 1.29 is 8.42 Å². The molecule has 1 unspecified atom stereocenters. The Bertz CT molecular complexity index is 479. The molecule has 0 bridgehead atoms. The summed E-state index contributed by atoms with van der Waals surface area (Å²) in [6, 6.07) is 1.48. The van der Waals surface area contributed by atoms with Crippen LogP contribution in [0, 0.1) is 5.92 Å². The standard InChI is InChI=1S/C11H21N5O2S/c1-10(8-12)9-15-4-6-16(7-5-15)19(17,18)11-2-3-13-14-11/h2-3,10H,4-9,12H2,1H3,(H,13,14). The fourth-order valence-electron chi connectivity index (χ4n) is 2.19. The summed E-state index contributed by atoms with van der Waals surface area (Å²) in [6.07, 6.45) is 1.45. The van der Waals surface area contributed by atoms with Crippen LogP contribution in [0.5, 0.6) is 0 Å². The summed E-state index contributed by atoms with van der Waals surface area (Å²) in [5.74, 6) is 0.441. The van der Waals surface area contributed by atoms with Gasteiger partial charge in [-0.3, -0.25) is 5.10 Å². The number of sulfonamides is 1.